The predicted molar refractivity (Wildman–Crippen MR) is 82.6 cm³/mol. The molecule has 0 radical (unpaired) electrons. The summed E-state index contributed by atoms with van der Waals surface area (Å²) in [5.41, 5.74) is 1.32. The predicted octanol–water partition coefficient (Wildman–Crippen LogP) is 3.38. The molecule has 0 atom stereocenters. The van der Waals surface area contributed by atoms with Crippen molar-refractivity contribution in [3.63, 3.8) is 0 Å². The lowest BCUT2D eigenvalue weighted by Crippen LogP contribution is -2.31. The highest BCUT2D eigenvalue weighted by Crippen LogP contribution is 2.31. The highest BCUT2D eigenvalue weighted by molar-refractivity contribution is 7.12. The molecule has 0 aliphatic carbocycles. The van der Waals surface area contributed by atoms with E-state index in [9.17, 15) is 9.59 Å². The molecular weight excluding hydrogens is 286 g/mol. The summed E-state index contributed by atoms with van der Waals surface area (Å²) < 4.78 is 5.23. The molecule has 5 heteroatoms. The second-order valence-corrected chi connectivity index (χ2v) is 5.73. The molecule has 2 aromatic rings. The number of anilines is 1. The highest BCUT2D eigenvalue weighted by atomic mass is 32.1. The highest BCUT2D eigenvalue weighted by Gasteiger charge is 2.27. The lowest BCUT2D eigenvalue weighted by molar-refractivity contribution is 0.0974. The van der Waals surface area contributed by atoms with Crippen LogP contribution in [0, 0.1) is 0 Å². The Labute approximate surface area is 127 Å². The first-order valence-electron chi connectivity index (χ1n) is 6.78. The Morgan fingerprint density at radius 1 is 1.29 bits per heavy atom. The van der Waals surface area contributed by atoms with Gasteiger partial charge in [-0.1, -0.05) is 12.1 Å². The van der Waals surface area contributed by atoms with Crippen molar-refractivity contribution in [1.29, 1.82) is 0 Å². The van der Waals surface area contributed by atoms with E-state index in [1.807, 2.05) is 23.6 Å². The van der Waals surface area contributed by atoms with Crippen molar-refractivity contribution in [3.8, 4) is 5.75 Å². The number of carbonyl (C=O) groups excluding carboxylic acids is 2. The number of ether oxygens (including phenoxy) is 1. The third kappa shape index (κ3) is 2.45. The fraction of sp³-hybridized carbons (Fsp3) is 0.250. The standard InChI is InChI=1S/C16H15NO3S/c1-20-14-8-10-21-15(14)16(19)17-9-4-7-13(18)11-5-2-3-6-12(11)17/h2-3,5-6,8,10H,4,7,9H2,1H3. The summed E-state index contributed by atoms with van der Waals surface area (Å²) in [5, 5.41) is 1.83. The molecule has 0 bridgehead atoms. The molecule has 3 rings (SSSR count). The molecular formula is C16H15NO3S. The normalized spacial score (nSPS) is 14.5. The third-order valence-electron chi connectivity index (χ3n) is 3.57. The van der Waals surface area contributed by atoms with Crippen LogP contribution >= 0.6 is 11.3 Å². The van der Waals surface area contributed by atoms with Crippen molar-refractivity contribution in [2.24, 2.45) is 0 Å². The Kier molecular flexibility index (Phi) is 3.75. The number of rotatable bonds is 2. The number of amides is 1. The summed E-state index contributed by atoms with van der Waals surface area (Å²) >= 11 is 1.36. The zero-order valence-corrected chi connectivity index (χ0v) is 12.5. The van der Waals surface area contributed by atoms with Gasteiger partial charge in [0.25, 0.3) is 5.91 Å². The van der Waals surface area contributed by atoms with Gasteiger partial charge in [0.15, 0.2) is 5.78 Å². The molecule has 0 N–H and O–H groups in total. The monoisotopic (exact) mass is 301 g/mol. The molecule has 108 valence electrons. The summed E-state index contributed by atoms with van der Waals surface area (Å²) in [6.07, 6.45) is 1.15. The maximum absolute atomic E-state index is 12.8. The lowest BCUT2D eigenvalue weighted by Gasteiger charge is -2.22. The van der Waals surface area contributed by atoms with E-state index >= 15 is 0 Å². The number of nitrogens with zero attached hydrogens (tertiary/aromatic N) is 1. The van der Waals surface area contributed by atoms with Crippen molar-refractivity contribution in [2.45, 2.75) is 12.8 Å². The van der Waals surface area contributed by atoms with Crippen LogP contribution in [0.5, 0.6) is 5.75 Å². The molecule has 21 heavy (non-hydrogen) atoms. The maximum Gasteiger partial charge on any atom is 0.272 e. The van der Waals surface area contributed by atoms with Gasteiger partial charge in [-0.05, 0) is 30.0 Å². The van der Waals surface area contributed by atoms with E-state index in [1.54, 1.807) is 24.1 Å². The number of methoxy groups -OCH3 is 1. The minimum Gasteiger partial charge on any atom is -0.495 e. The van der Waals surface area contributed by atoms with E-state index in [4.69, 9.17) is 4.74 Å². The van der Waals surface area contributed by atoms with Crippen LogP contribution in [0.4, 0.5) is 5.69 Å². The number of hydrogen-bond donors (Lipinski definition) is 0. The molecule has 2 heterocycles. The summed E-state index contributed by atoms with van der Waals surface area (Å²) in [6.45, 7) is 0.544. The smallest absolute Gasteiger partial charge is 0.272 e. The van der Waals surface area contributed by atoms with Crippen LogP contribution in [0.3, 0.4) is 0 Å². The minimum atomic E-state index is -0.107. The van der Waals surface area contributed by atoms with Crippen molar-refractivity contribution in [1.82, 2.24) is 0 Å². The van der Waals surface area contributed by atoms with Gasteiger partial charge in [0.2, 0.25) is 0 Å². The molecule has 0 fully saturated rings. The molecule has 1 amide bonds. The van der Waals surface area contributed by atoms with Crippen molar-refractivity contribution in [3.05, 3.63) is 46.2 Å². The number of Topliss-reactive ketones (excluding diaryl/α,β-unsaturated/α-hetero) is 1. The van der Waals surface area contributed by atoms with Crippen LogP contribution in [0.15, 0.2) is 35.7 Å². The molecule has 0 unspecified atom stereocenters. The van der Waals surface area contributed by atoms with Crippen LogP contribution in [0.2, 0.25) is 0 Å². The van der Waals surface area contributed by atoms with E-state index in [0.29, 0.717) is 41.3 Å². The molecule has 1 aromatic carbocycles. The van der Waals surface area contributed by atoms with Crippen molar-refractivity contribution < 1.29 is 14.3 Å². The lowest BCUT2D eigenvalue weighted by atomic mass is 10.1. The molecule has 1 aromatic heterocycles. The van der Waals surface area contributed by atoms with E-state index in [2.05, 4.69) is 0 Å². The Hall–Kier alpha value is -2.14. The number of benzene rings is 1. The molecule has 1 aliphatic rings. The number of fused-ring (bicyclic) bond motifs is 1. The maximum atomic E-state index is 12.8. The van der Waals surface area contributed by atoms with Gasteiger partial charge in [-0.2, -0.15) is 0 Å². The Morgan fingerprint density at radius 2 is 2.10 bits per heavy atom. The van der Waals surface area contributed by atoms with Gasteiger partial charge in [-0.15, -0.1) is 11.3 Å². The number of hydrogen-bond acceptors (Lipinski definition) is 4. The van der Waals surface area contributed by atoms with Crippen LogP contribution in [-0.4, -0.2) is 25.3 Å². The molecule has 1 aliphatic heterocycles. The van der Waals surface area contributed by atoms with Gasteiger partial charge >= 0.3 is 0 Å². The first-order chi connectivity index (χ1) is 10.2. The van der Waals surface area contributed by atoms with E-state index in [-0.39, 0.29) is 11.7 Å². The van der Waals surface area contributed by atoms with Gasteiger partial charge in [-0.25, -0.2) is 0 Å². The van der Waals surface area contributed by atoms with Crippen LogP contribution in [0.1, 0.15) is 32.9 Å². The van der Waals surface area contributed by atoms with Gasteiger partial charge in [0, 0.05) is 18.5 Å². The quantitative estimate of drug-likeness (QED) is 0.854. The van der Waals surface area contributed by atoms with Gasteiger partial charge in [-0.3, -0.25) is 9.59 Å². The third-order valence-corrected chi connectivity index (χ3v) is 4.45. The second-order valence-electron chi connectivity index (χ2n) is 4.82. The fourth-order valence-electron chi connectivity index (χ4n) is 2.55. The fourth-order valence-corrected chi connectivity index (χ4v) is 3.35. The van der Waals surface area contributed by atoms with Crippen molar-refractivity contribution in [2.75, 3.05) is 18.6 Å². The Bertz CT molecular complexity index is 692. The minimum absolute atomic E-state index is 0.0963. The number of thiophene rings is 1. The summed E-state index contributed by atoms with van der Waals surface area (Å²) in [6, 6.07) is 9.08. The zero-order chi connectivity index (χ0) is 14.8. The summed E-state index contributed by atoms with van der Waals surface area (Å²) in [5.74, 6) is 0.570. The molecule has 0 saturated carbocycles. The van der Waals surface area contributed by atoms with Crippen molar-refractivity contribution >= 4 is 28.7 Å². The topological polar surface area (TPSA) is 46.6 Å². The number of para-hydroxylation sites is 1. The number of carbonyl (C=O) groups is 2. The zero-order valence-electron chi connectivity index (χ0n) is 11.7. The SMILES string of the molecule is COc1ccsc1C(=O)N1CCCC(=O)c2ccccc21. The van der Waals surface area contributed by atoms with E-state index in [1.165, 1.54) is 11.3 Å². The first kappa shape index (κ1) is 13.8. The molecule has 0 saturated heterocycles. The number of ketones is 1. The molecule has 0 spiro atoms. The van der Waals surface area contributed by atoms with Gasteiger partial charge < -0.3 is 9.64 Å². The Balaban J connectivity index is 2.04. The second kappa shape index (κ2) is 5.69. The van der Waals surface area contributed by atoms with E-state index < -0.39 is 0 Å². The Morgan fingerprint density at radius 3 is 2.90 bits per heavy atom. The summed E-state index contributed by atoms with van der Waals surface area (Å²) in [7, 11) is 1.55. The largest absolute Gasteiger partial charge is 0.495 e. The average molecular weight is 301 g/mol. The van der Waals surface area contributed by atoms with Crippen LogP contribution in [-0.2, 0) is 0 Å². The van der Waals surface area contributed by atoms with Crippen LogP contribution in [0.25, 0.3) is 0 Å². The van der Waals surface area contributed by atoms with Gasteiger partial charge in [0.1, 0.15) is 10.6 Å². The van der Waals surface area contributed by atoms with Gasteiger partial charge in [0.05, 0.1) is 12.8 Å². The average Bonchev–Trinajstić information content (AvgIpc) is 2.93. The van der Waals surface area contributed by atoms with Crippen LogP contribution < -0.4 is 9.64 Å². The van der Waals surface area contributed by atoms with E-state index in [0.717, 1.165) is 0 Å². The molecule has 4 nitrogen and oxygen atoms in total. The summed E-state index contributed by atoms with van der Waals surface area (Å²) in [4.78, 5) is 27.2. The first-order valence-corrected chi connectivity index (χ1v) is 7.66.